The number of aryl methyl sites for hydroxylation is 2. The second kappa shape index (κ2) is 10.6. The SMILES string of the molecule is CCCc1nc2sc3c(SCC(=O)N(c4ccccc4)c4ccccc4)ncnc3c2c2c1CCCC2. The van der Waals surface area contributed by atoms with Gasteiger partial charge in [-0.1, -0.05) is 61.5 Å². The van der Waals surface area contributed by atoms with Gasteiger partial charge in [0, 0.05) is 22.5 Å². The molecule has 7 heteroatoms. The third kappa shape index (κ3) is 4.62. The minimum atomic E-state index is 0.0102. The number of rotatable bonds is 7. The molecule has 2 aromatic carbocycles. The maximum atomic E-state index is 13.6. The molecule has 0 spiro atoms. The van der Waals surface area contributed by atoms with Crippen molar-refractivity contribution in [2.75, 3.05) is 10.7 Å². The molecule has 186 valence electrons. The fourth-order valence-corrected chi connectivity index (χ4v) is 7.35. The standard InChI is InChI=1S/C30H28N4OS2/c1-2-11-24-22-16-9-10-17-23(22)26-27-28(37-29(26)33-24)30(32-19-31-27)36-18-25(35)34(20-12-5-3-6-13-20)21-14-7-4-8-15-21/h3-8,12-15,19H,2,9-11,16-18H2,1H3. The Hall–Kier alpha value is -3.29. The second-order valence-electron chi connectivity index (χ2n) is 9.30. The lowest BCUT2D eigenvalue weighted by Gasteiger charge is -2.23. The minimum Gasteiger partial charge on any atom is -0.280 e. The Morgan fingerprint density at radius 2 is 1.62 bits per heavy atom. The lowest BCUT2D eigenvalue weighted by atomic mass is 9.88. The highest BCUT2D eigenvalue weighted by atomic mass is 32.2. The van der Waals surface area contributed by atoms with Crippen molar-refractivity contribution >= 4 is 60.8 Å². The molecule has 3 heterocycles. The van der Waals surface area contributed by atoms with E-state index in [-0.39, 0.29) is 11.7 Å². The van der Waals surface area contributed by atoms with E-state index in [0.717, 1.165) is 57.1 Å². The number of carbonyl (C=O) groups is 1. The quantitative estimate of drug-likeness (QED) is 0.163. The molecule has 5 nitrogen and oxygen atoms in total. The monoisotopic (exact) mass is 524 g/mol. The van der Waals surface area contributed by atoms with Crippen molar-refractivity contribution in [3.8, 4) is 0 Å². The van der Waals surface area contributed by atoms with Crippen LogP contribution in [0.4, 0.5) is 11.4 Å². The van der Waals surface area contributed by atoms with Crippen LogP contribution in [0.2, 0.25) is 0 Å². The highest BCUT2D eigenvalue weighted by Crippen LogP contribution is 2.41. The van der Waals surface area contributed by atoms with Gasteiger partial charge in [0.05, 0.1) is 16.0 Å². The maximum Gasteiger partial charge on any atom is 0.241 e. The third-order valence-corrected chi connectivity index (χ3v) is 9.06. The number of para-hydroxylation sites is 2. The minimum absolute atomic E-state index is 0.0102. The highest BCUT2D eigenvalue weighted by Gasteiger charge is 2.24. The van der Waals surface area contributed by atoms with Gasteiger partial charge >= 0.3 is 0 Å². The van der Waals surface area contributed by atoms with Gasteiger partial charge < -0.3 is 0 Å². The molecular formula is C30H28N4OS2. The van der Waals surface area contributed by atoms with Gasteiger partial charge in [-0.2, -0.15) is 0 Å². The summed E-state index contributed by atoms with van der Waals surface area (Å²) in [6.45, 7) is 2.22. The van der Waals surface area contributed by atoms with Crippen molar-refractivity contribution in [1.82, 2.24) is 15.0 Å². The van der Waals surface area contributed by atoms with Gasteiger partial charge in [-0.05, 0) is 67.5 Å². The zero-order valence-corrected chi connectivity index (χ0v) is 22.4. The number of thioether (sulfide) groups is 1. The van der Waals surface area contributed by atoms with Gasteiger partial charge in [-0.15, -0.1) is 11.3 Å². The first-order valence-corrected chi connectivity index (χ1v) is 14.7. The molecule has 0 bridgehead atoms. The summed E-state index contributed by atoms with van der Waals surface area (Å²) in [5, 5.41) is 2.06. The van der Waals surface area contributed by atoms with Crippen LogP contribution in [0.25, 0.3) is 20.4 Å². The van der Waals surface area contributed by atoms with Gasteiger partial charge in [0.15, 0.2) is 0 Å². The molecule has 1 amide bonds. The molecule has 5 aromatic rings. The number of hydrogen-bond donors (Lipinski definition) is 0. The summed E-state index contributed by atoms with van der Waals surface area (Å²) in [5.74, 6) is 0.285. The van der Waals surface area contributed by atoms with Crippen LogP contribution >= 0.6 is 23.1 Å². The van der Waals surface area contributed by atoms with Gasteiger partial charge in [0.1, 0.15) is 16.2 Å². The molecule has 0 saturated carbocycles. The molecule has 0 aliphatic heterocycles. The fourth-order valence-electron chi connectivity index (χ4n) is 5.25. The lowest BCUT2D eigenvalue weighted by molar-refractivity contribution is -0.115. The Bertz CT molecular complexity index is 1530. The first-order valence-electron chi connectivity index (χ1n) is 12.9. The van der Waals surface area contributed by atoms with E-state index in [4.69, 9.17) is 9.97 Å². The lowest BCUT2D eigenvalue weighted by Crippen LogP contribution is -2.27. The maximum absolute atomic E-state index is 13.6. The average Bonchev–Trinajstić information content (AvgIpc) is 3.33. The summed E-state index contributed by atoms with van der Waals surface area (Å²) in [6, 6.07) is 19.6. The molecule has 0 N–H and O–H groups in total. The normalized spacial score (nSPS) is 13.1. The highest BCUT2D eigenvalue weighted by molar-refractivity contribution is 8.00. The van der Waals surface area contributed by atoms with E-state index in [1.54, 1.807) is 22.6 Å². The molecule has 0 radical (unpaired) electrons. The van der Waals surface area contributed by atoms with Crippen LogP contribution < -0.4 is 4.90 Å². The van der Waals surface area contributed by atoms with Gasteiger partial charge in [0.25, 0.3) is 0 Å². The van der Waals surface area contributed by atoms with Crippen LogP contribution in [0, 0.1) is 0 Å². The number of fused-ring (bicyclic) bond motifs is 5. The van der Waals surface area contributed by atoms with Gasteiger partial charge in [-0.25, -0.2) is 15.0 Å². The topological polar surface area (TPSA) is 59.0 Å². The number of hydrogen-bond acceptors (Lipinski definition) is 6. The van der Waals surface area contributed by atoms with Crippen LogP contribution in [-0.2, 0) is 24.1 Å². The van der Waals surface area contributed by atoms with E-state index in [1.807, 2.05) is 60.7 Å². The fraction of sp³-hybridized carbons (Fsp3) is 0.267. The number of amides is 1. The zero-order valence-electron chi connectivity index (χ0n) is 20.8. The smallest absolute Gasteiger partial charge is 0.241 e. The summed E-state index contributed by atoms with van der Waals surface area (Å²) in [6.07, 6.45) is 8.40. The van der Waals surface area contributed by atoms with Crippen LogP contribution in [-0.4, -0.2) is 26.6 Å². The van der Waals surface area contributed by atoms with Crippen molar-refractivity contribution in [2.45, 2.75) is 50.5 Å². The third-order valence-electron chi connectivity index (χ3n) is 6.87. The van der Waals surface area contributed by atoms with E-state index in [1.165, 1.54) is 46.8 Å². The summed E-state index contributed by atoms with van der Waals surface area (Å²) < 4.78 is 1.04. The molecule has 1 aliphatic rings. The van der Waals surface area contributed by atoms with Crippen LogP contribution in [0.1, 0.15) is 43.0 Å². The summed E-state index contributed by atoms with van der Waals surface area (Å²) >= 11 is 3.16. The van der Waals surface area contributed by atoms with Crippen LogP contribution in [0.15, 0.2) is 72.0 Å². The van der Waals surface area contributed by atoms with E-state index in [2.05, 4.69) is 11.9 Å². The number of carbonyl (C=O) groups excluding carboxylic acids is 1. The largest absolute Gasteiger partial charge is 0.280 e. The Kier molecular flexibility index (Phi) is 6.89. The first-order chi connectivity index (χ1) is 18.2. The number of thiophene rings is 1. The summed E-state index contributed by atoms with van der Waals surface area (Å²) in [4.78, 5) is 30.9. The van der Waals surface area contributed by atoms with E-state index in [0.29, 0.717) is 0 Å². The van der Waals surface area contributed by atoms with Gasteiger partial charge in [0.2, 0.25) is 5.91 Å². The summed E-state index contributed by atoms with van der Waals surface area (Å²) in [7, 11) is 0. The zero-order chi connectivity index (χ0) is 25.2. The van der Waals surface area contributed by atoms with Crippen molar-refractivity contribution in [3.63, 3.8) is 0 Å². The molecule has 3 aromatic heterocycles. The second-order valence-corrected chi connectivity index (χ2v) is 11.3. The van der Waals surface area contributed by atoms with Crippen molar-refractivity contribution in [3.05, 3.63) is 83.8 Å². The number of aromatic nitrogens is 3. The molecule has 0 atom stereocenters. The Balaban J connectivity index is 1.36. The van der Waals surface area contributed by atoms with Crippen LogP contribution in [0.3, 0.4) is 0 Å². The first kappa shape index (κ1) is 24.1. The Morgan fingerprint density at radius 1 is 0.946 bits per heavy atom. The molecule has 0 fully saturated rings. The number of benzene rings is 2. The molecule has 37 heavy (non-hydrogen) atoms. The predicted molar refractivity (Wildman–Crippen MR) is 154 cm³/mol. The average molecular weight is 525 g/mol. The van der Waals surface area contributed by atoms with Crippen molar-refractivity contribution in [2.24, 2.45) is 0 Å². The Morgan fingerprint density at radius 3 is 2.30 bits per heavy atom. The van der Waals surface area contributed by atoms with E-state index in [9.17, 15) is 4.79 Å². The predicted octanol–water partition coefficient (Wildman–Crippen LogP) is 7.53. The van der Waals surface area contributed by atoms with Gasteiger partial charge in [-0.3, -0.25) is 9.69 Å². The van der Waals surface area contributed by atoms with Crippen molar-refractivity contribution < 1.29 is 4.79 Å². The van der Waals surface area contributed by atoms with Crippen molar-refractivity contribution in [1.29, 1.82) is 0 Å². The van der Waals surface area contributed by atoms with Crippen LogP contribution in [0.5, 0.6) is 0 Å². The Labute approximate surface area is 225 Å². The molecule has 0 unspecified atom stereocenters. The number of pyridine rings is 1. The van der Waals surface area contributed by atoms with E-state index >= 15 is 0 Å². The molecular weight excluding hydrogens is 496 g/mol. The number of anilines is 2. The molecule has 0 saturated heterocycles. The number of nitrogens with zero attached hydrogens (tertiary/aromatic N) is 4. The summed E-state index contributed by atoms with van der Waals surface area (Å²) in [5.41, 5.74) is 6.85. The van der Waals surface area contributed by atoms with E-state index < -0.39 is 0 Å². The molecule has 6 rings (SSSR count). The molecule has 1 aliphatic carbocycles.